The van der Waals surface area contributed by atoms with Crippen molar-refractivity contribution in [3.63, 3.8) is 0 Å². The molecule has 0 radical (unpaired) electrons. The van der Waals surface area contributed by atoms with E-state index >= 15 is 0 Å². The van der Waals surface area contributed by atoms with E-state index in [0.717, 1.165) is 12.8 Å². The number of hydrazone groups is 1. The highest BCUT2D eigenvalue weighted by Gasteiger charge is 2.01. The van der Waals surface area contributed by atoms with Gasteiger partial charge in [0.25, 0.3) is 0 Å². The fraction of sp³-hybridized carbons (Fsp3) is 0.455. The molecule has 1 heterocycles. The Bertz CT molecular complexity index is 328. The van der Waals surface area contributed by atoms with Gasteiger partial charge in [0.2, 0.25) is 5.91 Å². The van der Waals surface area contributed by atoms with Crippen molar-refractivity contribution in [1.82, 2.24) is 5.43 Å². The fourth-order valence-electron chi connectivity index (χ4n) is 1.08. The van der Waals surface area contributed by atoms with Gasteiger partial charge in [0.15, 0.2) is 0 Å². The molecule has 4 nitrogen and oxygen atoms in total. The third-order valence-corrected chi connectivity index (χ3v) is 1.98. The number of unbranched alkanes of at least 4 members (excludes halogenated alkanes) is 1. The molecule has 0 aliphatic heterocycles. The van der Waals surface area contributed by atoms with Crippen molar-refractivity contribution in [2.75, 3.05) is 0 Å². The maximum absolute atomic E-state index is 11.2. The minimum absolute atomic E-state index is 0.0530. The van der Waals surface area contributed by atoms with Crippen LogP contribution in [0.3, 0.4) is 0 Å². The van der Waals surface area contributed by atoms with Crippen molar-refractivity contribution >= 4 is 11.6 Å². The smallest absolute Gasteiger partial charge is 0.240 e. The number of rotatable bonds is 5. The van der Waals surface area contributed by atoms with Gasteiger partial charge in [-0.3, -0.25) is 4.79 Å². The Morgan fingerprint density at radius 1 is 1.60 bits per heavy atom. The van der Waals surface area contributed by atoms with Crippen LogP contribution in [0.15, 0.2) is 27.9 Å². The SMILES string of the molecule is CCCCC(=O)N/N=C(\C)c1ccco1. The van der Waals surface area contributed by atoms with E-state index in [-0.39, 0.29) is 5.91 Å². The summed E-state index contributed by atoms with van der Waals surface area (Å²) in [6, 6.07) is 3.59. The molecule has 0 aliphatic rings. The molecule has 15 heavy (non-hydrogen) atoms. The van der Waals surface area contributed by atoms with E-state index in [1.165, 1.54) is 0 Å². The summed E-state index contributed by atoms with van der Waals surface area (Å²) in [6.45, 7) is 3.84. The van der Waals surface area contributed by atoms with Gasteiger partial charge in [-0.2, -0.15) is 5.10 Å². The quantitative estimate of drug-likeness (QED) is 0.596. The third kappa shape index (κ3) is 3.97. The number of hydrogen-bond acceptors (Lipinski definition) is 3. The Kier molecular flexibility index (Phi) is 4.60. The molecule has 0 bridgehead atoms. The van der Waals surface area contributed by atoms with Crippen LogP contribution >= 0.6 is 0 Å². The van der Waals surface area contributed by atoms with E-state index in [1.807, 2.05) is 6.92 Å². The van der Waals surface area contributed by atoms with Crippen LogP contribution in [0.4, 0.5) is 0 Å². The maximum Gasteiger partial charge on any atom is 0.240 e. The highest BCUT2D eigenvalue weighted by Crippen LogP contribution is 2.01. The summed E-state index contributed by atoms with van der Waals surface area (Å²) >= 11 is 0. The van der Waals surface area contributed by atoms with Crippen LogP contribution in [0.25, 0.3) is 0 Å². The zero-order valence-electron chi connectivity index (χ0n) is 9.12. The largest absolute Gasteiger partial charge is 0.463 e. The van der Waals surface area contributed by atoms with Crippen molar-refractivity contribution in [3.8, 4) is 0 Å². The van der Waals surface area contributed by atoms with Gasteiger partial charge < -0.3 is 4.42 Å². The molecule has 4 heteroatoms. The van der Waals surface area contributed by atoms with Gasteiger partial charge in [-0.1, -0.05) is 13.3 Å². The Morgan fingerprint density at radius 3 is 3.00 bits per heavy atom. The molecular formula is C11H16N2O2. The standard InChI is InChI=1S/C11H16N2O2/c1-3-4-7-11(14)13-12-9(2)10-6-5-8-15-10/h5-6,8H,3-4,7H2,1-2H3,(H,13,14)/b12-9+. The highest BCUT2D eigenvalue weighted by molar-refractivity contribution is 5.96. The van der Waals surface area contributed by atoms with Gasteiger partial charge in [0, 0.05) is 6.42 Å². The lowest BCUT2D eigenvalue weighted by Gasteiger charge is -1.99. The number of nitrogens with one attached hydrogen (secondary N) is 1. The Morgan fingerprint density at radius 2 is 2.40 bits per heavy atom. The molecule has 1 amide bonds. The van der Waals surface area contributed by atoms with Gasteiger partial charge in [0.1, 0.15) is 11.5 Å². The zero-order valence-corrected chi connectivity index (χ0v) is 9.12. The van der Waals surface area contributed by atoms with E-state index in [0.29, 0.717) is 17.9 Å². The summed E-state index contributed by atoms with van der Waals surface area (Å²) in [5, 5.41) is 3.94. The lowest BCUT2D eigenvalue weighted by atomic mass is 10.2. The second-order valence-electron chi connectivity index (χ2n) is 3.31. The first-order valence-corrected chi connectivity index (χ1v) is 5.11. The second kappa shape index (κ2) is 6.01. The average Bonchev–Trinajstić information content (AvgIpc) is 2.76. The molecule has 0 aliphatic carbocycles. The van der Waals surface area contributed by atoms with Gasteiger partial charge >= 0.3 is 0 Å². The molecule has 0 spiro atoms. The maximum atomic E-state index is 11.2. The molecule has 1 rings (SSSR count). The van der Waals surface area contributed by atoms with Crippen molar-refractivity contribution in [3.05, 3.63) is 24.2 Å². The summed E-state index contributed by atoms with van der Waals surface area (Å²) < 4.78 is 5.13. The molecule has 0 unspecified atom stereocenters. The van der Waals surface area contributed by atoms with Crippen molar-refractivity contribution in [2.24, 2.45) is 5.10 Å². The Labute approximate surface area is 89.4 Å². The first-order valence-electron chi connectivity index (χ1n) is 5.11. The van der Waals surface area contributed by atoms with E-state index < -0.39 is 0 Å². The highest BCUT2D eigenvalue weighted by atomic mass is 16.3. The van der Waals surface area contributed by atoms with Gasteiger partial charge in [0.05, 0.1) is 6.26 Å². The molecule has 0 fully saturated rings. The fourth-order valence-corrected chi connectivity index (χ4v) is 1.08. The predicted octanol–water partition coefficient (Wildman–Crippen LogP) is 2.31. The molecule has 82 valence electrons. The molecule has 0 atom stereocenters. The van der Waals surface area contributed by atoms with Crippen LogP contribution < -0.4 is 5.43 Å². The second-order valence-corrected chi connectivity index (χ2v) is 3.31. The summed E-state index contributed by atoms with van der Waals surface area (Å²) in [5.74, 6) is 0.619. The number of hydrogen-bond donors (Lipinski definition) is 1. The van der Waals surface area contributed by atoms with Crippen LogP contribution in [0.1, 0.15) is 38.9 Å². The lowest BCUT2D eigenvalue weighted by Crippen LogP contribution is -2.18. The Balaban J connectivity index is 2.40. The normalized spacial score (nSPS) is 11.5. The zero-order chi connectivity index (χ0) is 11.1. The van der Waals surface area contributed by atoms with E-state index in [2.05, 4.69) is 10.5 Å². The molecule has 0 saturated carbocycles. The average molecular weight is 208 g/mol. The van der Waals surface area contributed by atoms with Gasteiger partial charge in [-0.15, -0.1) is 0 Å². The van der Waals surface area contributed by atoms with Crippen molar-refractivity contribution in [2.45, 2.75) is 33.1 Å². The first-order chi connectivity index (χ1) is 7.24. The lowest BCUT2D eigenvalue weighted by molar-refractivity contribution is -0.121. The minimum atomic E-state index is -0.0530. The summed E-state index contributed by atoms with van der Waals surface area (Å²) in [5.41, 5.74) is 3.17. The van der Waals surface area contributed by atoms with Gasteiger partial charge in [-0.25, -0.2) is 5.43 Å². The number of carbonyl (C=O) groups excluding carboxylic acids is 1. The number of amides is 1. The van der Waals surface area contributed by atoms with Crippen LogP contribution in [0.2, 0.25) is 0 Å². The molecule has 1 aromatic heterocycles. The van der Waals surface area contributed by atoms with Crippen molar-refractivity contribution < 1.29 is 9.21 Å². The molecule has 0 aromatic carbocycles. The Hall–Kier alpha value is -1.58. The molecule has 1 N–H and O–H groups in total. The first kappa shape index (κ1) is 11.5. The van der Waals surface area contributed by atoms with Crippen LogP contribution in [-0.2, 0) is 4.79 Å². The third-order valence-electron chi connectivity index (χ3n) is 1.98. The summed E-state index contributed by atoms with van der Waals surface area (Å²) in [4.78, 5) is 11.2. The van der Waals surface area contributed by atoms with E-state index in [4.69, 9.17) is 4.42 Å². The monoisotopic (exact) mass is 208 g/mol. The number of carbonyl (C=O) groups is 1. The number of nitrogens with zero attached hydrogens (tertiary/aromatic N) is 1. The topological polar surface area (TPSA) is 54.6 Å². The molecule has 1 aromatic rings. The number of furan rings is 1. The summed E-state index contributed by atoms with van der Waals surface area (Å²) in [6.07, 6.45) is 3.99. The molecule has 0 saturated heterocycles. The molecular weight excluding hydrogens is 192 g/mol. The van der Waals surface area contributed by atoms with Gasteiger partial charge in [-0.05, 0) is 25.5 Å². The predicted molar refractivity (Wildman–Crippen MR) is 58.6 cm³/mol. The van der Waals surface area contributed by atoms with Crippen LogP contribution in [0.5, 0.6) is 0 Å². The van der Waals surface area contributed by atoms with E-state index in [9.17, 15) is 4.79 Å². The summed E-state index contributed by atoms with van der Waals surface area (Å²) in [7, 11) is 0. The van der Waals surface area contributed by atoms with E-state index in [1.54, 1.807) is 25.3 Å². The van der Waals surface area contributed by atoms with Crippen LogP contribution in [-0.4, -0.2) is 11.6 Å². The van der Waals surface area contributed by atoms with Crippen LogP contribution in [0, 0.1) is 0 Å². The minimum Gasteiger partial charge on any atom is -0.463 e. The van der Waals surface area contributed by atoms with Crippen molar-refractivity contribution in [1.29, 1.82) is 0 Å².